The Bertz CT molecular complexity index is 1000. The normalized spacial score (nSPS) is 17.1. The Hall–Kier alpha value is -3.07. The molecule has 2 aliphatic heterocycles. The van der Waals surface area contributed by atoms with Crippen molar-refractivity contribution in [2.75, 3.05) is 69.4 Å². The molecule has 0 unspecified atom stereocenters. The van der Waals surface area contributed by atoms with Crippen molar-refractivity contribution >= 4 is 17.5 Å². The molecule has 4 rings (SSSR count). The van der Waals surface area contributed by atoms with E-state index in [1.165, 1.54) is 0 Å². The van der Waals surface area contributed by atoms with Crippen LogP contribution < -0.4 is 20.1 Å². The number of ether oxygens (including phenoxy) is 2. The Balaban J connectivity index is 1.33. The molecule has 0 saturated carbocycles. The van der Waals surface area contributed by atoms with Gasteiger partial charge in [0.25, 0.3) is 5.56 Å². The van der Waals surface area contributed by atoms with Crippen LogP contribution >= 0.6 is 0 Å². The Kier molecular flexibility index (Phi) is 7.49. The molecule has 2 saturated heterocycles. The van der Waals surface area contributed by atoms with E-state index in [9.17, 15) is 9.59 Å². The van der Waals surface area contributed by atoms with Crippen molar-refractivity contribution in [3.63, 3.8) is 0 Å². The fourth-order valence-electron chi connectivity index (χ4n) is 4.42. The van der Waals surface area contributed by atoms with Crippen LogP contribution in [0.1, 0.15) is 24.1 Å². The van der Waals surface area contributed by atoms with Gasteiger partial charge in [-0.25, -0.2) is 4.98 Å². The first-order valence-electron chi connectivity index (χ1n) is 11.6. The van der Waals surface area contributed by atoms with E-state index in [1.807, 2.05) is 28.9 Å². The van der Waals surface area contributed by atoms with Gasteiger partial charge in [-0.3, -0.25) is 14.6 Å². The Morgan fingerprint density at radius 3 is 2.52 bits per heavy atom. The predicted molar refractivity (Wildman–Crippen MR) is 127 cm³/mol. The number of aryl methyl sites for hydroxylation is 1. The lowest BCUT2D eigenvalue weighted by molar-refractivity contribution is -0.130. The van der Waals surface area contributed by atoms with Crippen molar-refractivity contribution in [2.24, 2.45) is 0 Å². The minimum Gasteiger partial charge on any atom is -0.497 e. The van der Waals surface area contributed by atoms with Crippen LogP contribution in [-0.2, 0) is 16.0 Å². The van der Waals surface area contributed by atoms with Crippen LogP contribution in [-0.4, -0.2) is 80.4 Å². The Morgan fingerprint density at radius 2 is 1.82 bits per heavy atom. The third kappa shape index (κ3) is 5.65. The number of carbonyl (C=O) groups is 1. The topological polar surface area (TPSA) is 91.0 Å². The number of nitrogens with one attached hydrogen (secondary N) is 1. The maximum absolute atomic E-state index is 12.9. The Labute approximate surface area is 194 Å². The number of aromatic amines is 1. The zero-order valence-electron chi connectivity index (χ0n) is 19.5. The van der Waals surface area contributed by atoms with Gasteiger partial charge in [0.05, 0.1) is 20.3 Å². The molecule has 1 N–H and O–H groups in total. The van der Waals surface area contributed by atoms with Gasteiger partial charge in [-0.15, -0.1) is 0 Å². The van der Waals surface area contributed by atoms with Crippen LogP contribution in [0.3, 0.4) is 0 Å². The number of morpholine rings is 1. The van der Waals surface area contributed by atoms with Crippen molar-refractivity contribution in [3.05, 3.63) is 45.9 Å². The van der Waals surface area contributed by atoms with Crippen LogP contribution in [0.25, 0.3) is 0 Å². The number of rotatable bonds is 6. The molecule has 1 aromatic heterocycles. The van der Waals surface area contributed by atoms with E-state index in [2.05, 4.69) is 27.0 Å². The summed E-state index contributed by atoms with van der Waals surface area (Å²) in [4.78, 5) is 39.4. The van der Waals surface area contributed by atoms with Crippen molar-refractivity contribution in [3.8, 4) is 5.75 Å². The standard InChI is InChI=1S/C24H33N5O4/c1-18-21(23(31)26-24(25-18)29-14-16-33-17-15-29)8-9-22(30)28-11-3-10-27(12-13-28)19-4-6-20(32-2)7-5-19/h4-7H,3,8-17H2,1-2H3,(H,25,26,31). The molecule has 33 heavy (non-hydrogen) atoms. The number of carbonyl (C=O) groups excluding carboxylic acids is 1. The number of H-pyrrole nitrogens is 1. The van der Waals surface area contributed by atoms with E-state index in [0.29, 0.717) is 62.9 Å². The van der Waals surface area contributed by atoms with Crippen molar-refractivity contribution in [1.82, 2.24) is 14.9 Å². The lowest BCUT2D eigenvalue weighted by Gasteiger charge is -2.27. The molecular formula is C24H33N5O4. The minimum atomic E-state index is -0.154. The number of hydrogen-bond acceptors (Lipinski definition) is 7. The molecular weight excluding hydrogens is 422 g/mol. The molecule has 0 spiro atoms. The van der Waals surface area contributed by atoms with Gasteiger partial charge in [0.2, 0.25) is 11.9 Å². The van der Waals surface area contributed by atoms with Crippen molar-refractivity contribution < 1.29 is 14.3 Å². The summed E-state index contributed by atoms with van der Waals surface area (Å²) < 4.78 is 10.6. The largest absolute Gasteiger partial charge is 0.497 e. The van der Waals surface area contributed by atoms with Crippen molar-refractivity contribution in [2.45, 2.75) is 26.2 Å². The summed E-state index contributed by atoms with van der Waals surface area (Å²) in [5.41, 5.74) is 2.27. The molecule has 1 aromatic carbocycles. The molecule has 2 fully saturated rings. The molecule has 9 nitrogen and oxygen atoms in total. The average Bonchev–Trinajstić information content (AvgIpc) is 3.10. The van der Waals surface area contributed by atoms with Crippen LogP contribution in [0.4, 0.5) is 11.6 Å². The molecule has 3 heterocycles. The quantitative estimate of drug-likeness (QED) is 0.707. The molecule has 1 amide bonds. The monoisotopic (exact) mass is 455 g/mol. The Morgan fingerprint density at radius 1 is 1.06 bits per heavy atom. The van der Waals surface area contributed by atoms with Gasteiger partial charge in [0.1, 0.15) is 5.75 Å². The van der Waals surface area contributed by atoms with Gasteiger partial charge in [-0.1, -0.05) is 0 Å². The lowest BCUT2D eigenvalue weighted by Crippen LogP contribution is -2.39. The average molecular weight is 456 g/mol. The molecule has 0 atom stereocenters. The van der Waals surface area contributed by atoms with Gasteiger partial charge in [-0.05, 0) is 44.0 Å². The van der Waals surface area contributed by atoms with Crippen molar-refractivity contribution in [1.29, 1.82) is 0 Å². The number of benzene rings is 1. The fraction of sp³-hybridized carbons (Fsp3) is 0.542. The van der Waals surface area contributed by atoms with E-state index < -0.39 is 0 Å². The summed E-state index contributed by atoms with van der Waals surface area (Å²) in [6.07, 6.45) is 1.62. The number of anilines is 2. The highest BCUT2D eigenvalue weighted by atomic mass is 16.5. The smallest absolute Gasteiger partial charge is 0.255 e. The van der Waals surface area contributed by atoms with Crippen LogP contribution in [0.2, 0.25) is 0 Å². The SMILES string of the molecule is COc1ccc(N2CCCN(C(=O)CCc3c(C)nc(N4CCOCC4)[nH]c3=O)CC2)cc1. The molecule has 0 aliphatic carbocycles. The first kappa shape index (κ1) is 23.1. The molecule has 178 valence electrons. The third-order valence-corrected chi connectivity index (χ3v) is 6.40. The number of nitrogens with zero attached hydrogens (tertiary/aromatic N) is 4. The third-order valence-electron chi connectivity index (χ3n) is 6.40. The summed E-state index contributed by atoms with van der Waals surface area (Å²) in [6.45, 7) is 7.62. The summed E-state index contributed by atoms with van der Waals surface area (Å²) in [5, 5.41) is 0. The second-order valence-corrected chi connectivity index (χ2v) is 8.47. The zero-order chi connectivity index (χ0) is 23.2. The highest BCUT2D eigenvalue weighted by Gasteiger charge is 2.21. The highest BCUT2D eigenvalue weighted by Crippen LogP contribution is 2.21. The van der Waals surface area contributed by atoms with E-state index >= 15 is 0 Å². The molecule has 2 aromatic rings. The van der Waals surface area contributed by atoms with E-state index in [1.54, 1.807) is 7.11 Å². The highest BCUT2D eigenvalue weighted by molar-refractivity contribution is 5.76. The van der Waals surface area contributed by atoms with E-state index in [4.69, 9.17) is 9.47 Å². The number of hydrogen-bond donors (Lipinski definition) is 1. The minimum absolute atomic E-state index is 0.0858. The fourth-order valence-corrected chi connectivity index (χ4v) is 4.42. The summed E-state index contributed by atoms with van der Waals surface area (Å²) in [7, 11) is 1.66. The maximum atomic E-state index is 12.9. The molecule has 9 heteroatoms. The van der Waals surface area contributed by atoms with Gasteiger partial charge < -0.3 is 24.2 Å². The first-order chi connectivity index (χ1) is 16.0. The zero-order valence-corrected chi connectivity index (χ0v) is 19.5. The molecule has 0 radical (unpaired) electrons. The van der Waals surface area contributed by atoms with Gasteiger partial charge in [0, 0.05) is 62.6 Å². The van der Waals surface area contributed by atoms with Crippen LogP contribution in [0.15, 0.2) is 29.1 Å². The van der Waals surface area contributed by atoms with Gasteiger partial charge in [-0.2, -0.15) is 0 Å². The molecule has 0 bridgehead atoms. The number of amides is 1. The van der Waals surface area contributed by atoms with E-state index in [-0.39, 0.29) is 11.5 Å². The second-order valence-electron chi connectivity index (χ2n) is 8.47. The summed E-state index contributed by atoms with van der Waals surface area (Å²) >= 11 is 0. The summed E-state index contributed by atoms with van der Waals surface area (Å²) in [6, 6.07) is 8.03. The molecule has 2 aliphatic rings. The maximum Gasteiger partial charge on any atom is 0.255 e. The number of methoxy groups -OCH3 is 1. The second kappa shape index (κ2) is 10.7. The first-order valence-corrected chi connectivity index (χ1v) is 11.6. The van der Waals surface area contributed by atoms with Gasteiger partial charge >= 0.3 is 0 Å². The van der Waals surface area contributed by atoms with E-state index in [0.717, 1.165) is 37.5 Å². The van der Waals surface area contributed by atoms with Gasteiger partial charge in [0.15, 0.2) is 0 Å². The predicted octanol–water partition coefficient (Wildman–Crippen LogP) is 1.60. The van der Waals surface area contributed by atoms with Crippen LogP contribution in [0.5, 0.6) is 5.75 Å². The summed E-state index contributed by atoms with van der Waals surface area (Å²) in [5.74, 6) is 1.51. The lowest BCUT2D eigenvalue weighted by atomic mass is 10.1. The van der Waals surface area contributed by atoms with Crippen LogP contribution in [0, 0.1) is 6.92 Å². The number of aromatic nitrogens is 2.